The van der Waals surface area contributed by atoms with Crippen LogP contribution in [0.1, 0.15) is 15.4 Å². The Bertz CT molecular complexity index is 853. The average molecular weight is 304 g/mol. The number of fused-ring (bicyclic) bond motifs is 1. The van der Waals surface area contributed by atoms with Crippen LogP contribution in [0.4, 0.5) is 5.69 Å². The van der Waals surface area contributed by atoms with Gasteiger partial charge in [0.05, 0.1) is 18.2 Å². The monoisotopic (exact) mass is 304 g/mol. The number of primary amides is 1. The summed E-state index contributed by atoms with van der Waals surface area (Å²) in [6.45, 7) is 1.82. The van der Waals surface area contributed by atoms with E-state index in [1.165, 1.54) is 7.11 Å². The van der Waals surface area contributed by atoms with E-state index in [0.29, 0.717) is 21.7 Å². The number of nitrogens with two attached hydrogens (primary N) is 2. The summed E-state index contributed by atoms with van der Waals surface area (Å²) in [5, 5.41) is 0.545. The van der Waals surface area contributed by atoms with Gasteiger partial charge in [-0.2, -0.15) is 9.97 Å². The molecule has 108 valence electrons. The molecule has 8 heteroatoms. The molecule has 3 aromatic rings. The largest absolute Gasteiger partial charge is 0.467 e. The van der Waals surface area contributed by atoms with Gasteiger partial charge in [0.15, 0.2) is 5.76 Å². The predicted molar refractivity (Wildman–Crippen MR) is 79.3 cm³/mol. The van der Waals surface area contributed by atoms with Crippen molar-refractivity contribution >= 4 is 33.1 Å². The number of carbonyl (C=O) groups excluding carboxylic acids is 1. The second-order valence-electron chi connectivity index (χ2n) is 4.36. The van der Waals surface area contributed by atoms with E-state index in [1.807, 2.05) is 13.0 Å². The molecule has 0 unspecified atom stereocenters. The first-order valence-corrected chi connectivity index (χ1v) is 6.83. The highest BCUT2D eigenvalue weighted by atomic mass is 32.1. The van der Waals surface area contributed by atoms with Crippen molar-refractivity contribution in [3.8, 4) is 17.5 Å². The molecule has 3 aromatic heterocycles. The maximum absolute atomic E-state index is 11.4. The number of furan rings is 1. The molecule has 0 bridgehead atoms. The van der Waals surface area contributed by atoms with Gasteiger partial charge < -0.3 is 20.6 Å². The van der Waals surface area contributed by atoms with Gasteiger partial charge >= 0.3 is 6.01 Å². The van der Waals surface area contributed by atoms with Crippen LogP contribution in [0.15, 0.2) is 16.5 Å². The van der Waals surface area contributed by atoms with Crippen LogP contribution in [0.25, 0.3) is 21.7 Å². The van der Waals surface area contributed by atoms with E-state index in [1.54, 1.807) is 6.07 Å². The molecular formula is C13H12N4O3S. The summed E-state index contributed by atoms with van der Waals surface area (Å²) in [5.41, 5.74) is 12.1. The molecule has 1 amide bonds. The van der Waals surface area contributed by atoms with Gasteiger partial charge in [0.2, 0.25) is 0 Å². The number of amides is 1. The summed E-state index contributed by atoms with van der Waals surface area (Å²) in [7, 11) is 1.46. The first kappa shape index (κ1) is 13.4. The number of methoxy groups -OCH3 is 1. The molecule has 0 spiro atoms. The summed E-state index contributed by atoms with van der Waals surface area (Å²) >= 11 is 1.10. The first-order valence-electron chi connectivity index (χ1n) is 6.02. The standard InChI is InChI=1S/C13H12N4O3S/c1-5-3-4-6(20-5)9-7-8(14)10(11(15)18)21-12(7)17-13(16-9)19-2/h3-4H,14H2,1-2H3,(H2,15,18). The number of aromatic nitrogens is 2. The lowest BCUT2D eigenvalue weighted by molar-refractivity contribution is 0.100. The molecule has 21 heavy (non-hydrogen) atoms. The van der Waals surface area contributed by atoms with Crippen LogP contribution < -0.4 is 16.2 Å². The number of carbonyl (C=O) groups is 1. The zero-order valence-corrected chi connectivity index (χ0v) is 12.2. The maximum atomic E-state index is 11.4. The molecule has 0 saturated heterocycles. The third kappa shape index (κ3) is 2.09. The Kier molecular flexibility index (Phi) is 3.02. The Morgan fingerprint density at radius 2 is 2.14 bits per heavy atom. The van der Waals surface area contributed by atoms with Crippen molar-refractivity contribution in [3.63, 3.8) is 0 Å². The fourth-order valence-corrected chi connectivity index (χ4v) is 2.96. The molecular weight excluding hydrogens is 292 g/mol. The topological polar surface area (TPSA) is 117 Å². The molecule has 0 aliphatic heterocycles. The van der Waals surface area contributed by atoms with Crippen molar-refractivity contribution in [2.75, 3.05) is 12.8 Å². The molecule has 0 aromatic carbocycles. The van der Waals surface area contributed by atoms with Gasteiger partial charge in [0.25, 0.3) is 5.91 Å². The third-order valence-electron chi connectivity index (χ3n) is 2.95. The quantitative estimate of drug-likeness (QED) is 0.763. The number of rotatable bonds is 3. The van der Waals surface area contributed by atoms with Gasteiger partial charge in [0, 0.05) is 0 Å². The summed E-state index contributed by atoms with van der Waals surface area (Å²) < 4.78 is 10.7. The number of aryl methyl sites for hydroxylation is 1. The highest BCUT2D eigenvalue weighted by molar-refractivity contribution is 7.21. The summed E-state index contributed by atoms with van der Waals surface area (Å²) in [5.74, 6) is 0.661. The highest BCUT2D eigenvalue weighted by Crippen LogP contribution is 2.39. The molecule has 3 heterocycles. The number of anilines is 1. The molecule has 0 saturated carbocycles. The average Bonchev–Trinajstić information content (AvgIpc) is 3.02. The number of nitrogens with zero attached hydrogens (tertiary/aromatic N) is 2. The Hall–Kier alpha value is -2.61. The molecule has 0 aliphatic carbocycles. The van der Waals surface area contributed by atoms with E-state index in [9.17, 15) is 4.79 Å². The van der Waals surface area contributed by atoms with Gasteiger partial charge in [-0.1, -0.05) is 0 Å². The maximum Gasteiger partial charge on any atom is 0.318 e. The molecule has 0 fully saturated rings. The number of ether oxygens (including phenoxy) is 1. The summed E-state index contributed by atoms with van der Waals surface area (Å²) in [6.07, 6.45) is 0. The second-order valence-corrected chi connectivity index (χ2v) is 5.36. The number of nitrogen functional groups attached to an aromatic ring is 1. The molecule has 0 aliphatic rings. The zero-order valence-electron chi connectivity index (χ0n) is 11.3. The molecule has 4 N–H and O–H groups in total. The lowest BCUT2D eigenvalue weighted by Gasteiger charge is -2.03. The van der Waals surface area contributed by atoms with Crippen molar-refractivity contribution < 1.29 is 13.9 Å². The third-order valence-corrected chi connectivity index (χ3v) is 4.06. The van der Waals surface area contributed by atoms with E-state index >= 15 is 0 Å². The van der Waals surface area contributed by atoms with E-state index in [2.05, 4.69) is 9.97 Å². The van der Waals surface area contributed by atoms with Crippen LogP contribution in [-0.2, 0) is 0 Å². The lowest BCUT2D eigenvalue weighted by Crippen LogP contribution is -2.10. The predicted octanol–water partition coefficient (Wildman–Crippen LogP) is 1.95. The van der Waals surface area contributed by atoms with Gasteiger partial charge in [-0.3, -0.25) is 4.79 Å². The second kappa shape index (κ2) is 4.74. The first-order chi connectivity index (χ1) is 10.0. The fourth-order valence-electron chi connectivity index (χ4n) is 2.02. The van der Waals surface area contributed by atoms with E-state index < -0.39 is 5.91 Å². The Morgan fingerprint density at radius 1 is 1.38 bits per heavy atom. The molecule has 7 nitrogen and oxygen atoms in total. The fraction of sp³-hybridized carbons (Fsp3) is 0.154. The number of hydrogen-bond donors (Lipinski definition) is 2. The van der Waals surface area contributed by atoms with Crippen LogP contribution in [-0.4, -0.2) is 23.0 Å². The minimum absolute atomic E-state index is 0.170. The molecule has 0 radical (unpaired) electrons. The smallest absolute Gasteiger partial charge is 0.318 e. The van der Waals surface area contributed by atoms with Crippen LogP contribution in [0.3, 0.4) is 0 Å². The zero-order chi connectivity index (χ0) is 15.1. The van der Waals surface area contributed by atoms with Crippen molar-refractivity contribution in [1.29, 1.82) is 0 Å². The lowest BCUT2D eigenvalue weighted by atomic mass is 10.2. The Morgan fingerprint density at radius 3 is 2.71 bits per heavy atom. The van der Waals surface area contributed by atoms with Gasteiger partial charge in [-0.25, -0.2) is 0 Å². The number of thiophene rings is 1. The van der Waals surface area contributed by atoms with Crippen LogP contribution in [0.5, 0.6) is 6.01 Å². The minimum Gasteiger partial charge on any atom is -0.467 e. The summed E-state index contributed by atoms with van der Waals surface area (Å²) in [6, 6.07) is 3.76. The van der Waals surface area contributed by atoms with E-state index in [4.69, 9.17) is 20.6 Å². The van der Waals surface area contributed by atoms with Crippen LogP contribution in [0.2, 0.25) is 0 Å². The van der Waals surface area contributed by atoms with Crippen molar-refractivity contribution in [2.45, 2.75) is 6.92 Å². The van der Waals surface area contributed by atoms with Crippen molar-refractivity contribution in [2.24, 2.45) is 5.73 Å². The Balaban J connectivity index is 2.38. The van der Waals surface area contributed by atoms with Gasteiger partial charge in [-0.15, -0.1) is 11.3 Å². The highest BCUT2D eigenvalue weighted by Gasteiger charge is 2.22. The molecule has 0 atom stereocenters. The van der Waals surface area contributed by atoms with Crippen molar-refractivity contribution in [3.05, 3.63) is 22.8 Å². The Labute approximate surface area is 123 Å². The molecule has 3 rings (SSSR count). The van der Waals surface area contributed by atoms with Gasteiger partial charge in [-0.05, 0) is 19.1 Å². The van der Waals surface area contributed by atoms with Crippen LogP contribution in [0, 0.1) is 6.92 Å². The minimum atomic E-state index is -0.601. The summed E-state index contributed by atoms with van der Waals surface area (Å²) in [4.78, 5) is 20.7. The number of hydrogen-bond acceptors (Lipinski definition) is 7. The van der Waals surface area contributed by atoms with Crippen molar-refractivity contribution in [1.82, 2.24) is 9.97 Å². The van der Waals surface area contributed by atoms with E-state index in [0.717, 1.165) is 17.1 Å². The van der Waals surface area contributed by atoms with E-state index in [-0.39, 0.29) is 16.6 Å². The SMILES string of the molecule is COc1nc(-c2ccc(C)o2)c2c(N)c(C(N)=O)sc2n1. The van der Waals surface area contributed by atoms with Crippen LogP contribution >= 0.6 is 11.3 Å². The normalized spacial score (nSPS) is 11.0. The van der Waals surface area contributed by atoms with Gasteiger partial charge in [0.1, 0.15) is 21.2 Å².